The fourth-order valence-corrected chi connectivity index (χ4v) is 3.42. The van der Waals surface area contributed by atoms with Gasteiger partial charge in [-0.25, -0.2) is 0 Å². The van der Waals surface area contributed by atoms with Crippen LogP contribution in [-0.2, 0) is 25.6 Å². The van der Waals surface area contributed by atoms with Gasteiger partial charge in [0.2, 0.25) is 0 Å². The van der Waals surface area contributed by atoms with E-state index in [1.807, 2.05) is 30.3 Å². The molecule has 6 nitrogen and oxygen atoms in total. The van der Waals surface area contributed by atoms with Gasteiger partial charge in [0, 0.05) is 5.92 Å². The zero-order chi connectivity index (χ0) is 14.4. The second-order valence-corrected chi connectivity index (χ2v) is 5.69. The summed E-state index contributed by atoms with van der Waals surface area (Å²) in [6.07, 6.45) is -2.45. The predicted octanol–water partition coefficient (Wildman–Crippen LogP) is 0.0212. The summed E-state index contributed by atoms with van der Waals surface area (Å²) < 4.78 is 22.5. The third kappa shape index (κ3) is 2.19. The Balaban J connectivity index is 1.52. The van der Waals surface area contributed by atoms with Crippen LogP contribution in [0.25, 0.3) is 0 Å². The summed E-state index contributed by atoms with van der Waals surface area (Å²) in [5.74, 6) is -0.294. The van der Waals surface area contributed by atoms with Gasteiger partial charge in [-0.3, -0.25) is 0 Å². The molecule has 1 aromatic rings. The van der Waals surface area contributed by atoms with Gasteiger partial charge in [0.1, 0.15) is 18.3 Å². The summed E-state index contributed by atoms with van der Waals surface area (Å²) in [6.45, 7) is -0.462. The van der Waals surface area contributed by atoms with Crippen LogP contribution in [0.3, 0.4) is 0 Å². The SMILES string of the molecule is OCC1C2OC3OC(C2O)C(OCc2ccccc2)C1O3. The lowest BCUT2D eigenvalue weighted by Crippen LogP contribution is -2.74. The number of benzene rings is 1. The van der Waals surface area contributed by atoms with Gasteiger partial charge in [0.15, 0.2) is 0 Å². The molecule has 0 radical (unpaired) electrons. The lowest BCUT2D eigenvalue weighted by molar-refractivity contribution is -0.481. The van der Waals surface area contributed by atoms with Crippen molar-refractivity contribution in [3.8, 4) is 0 Å². The van der Waals surface area contributed by atoms with Crippen molar-refractivity contribution in [3.63, 3.8) is 0 Å². The van der Waals surface area contributed by atoms with Crippen LogP contribution in [0.4, 0.5) is 0 Å². The van der Waals surface area contributed by atoms with Crippen LogP contribution in [0.1, 0.15) is 5.56 Å². The highest BCUT2D eigenvalue weighted by Gasteiger charge is 2.61. The first-order chi connectivity index (χ1) is 10.3. The van der Waals surface area contributed by atoms with E-state index in [1.54, 1.807) is 0 Å². The van der Waals surface area contributed by atoms with E-state index in [0.29, 0.717) is 6.61 Å². The topological polar surface area (TPSA) is 77.4 Å². The van der Waals surface area contributed by atoms with Crippen molar-refractivity contribution in [2.45, 2.75) is 43.6 Å². The Morgan fingerprint density at radius 1 is 1.00 bits per heavy atom. The molecular weight excluding hydrogens is 276 g/mol. The Hall–Kier alpha value is -1.02. The van der Waals surface area contributed by atoms with E-state index in [0.717, 1.165) is 5.56 Å². The van der Waals surface area contributed by atoms with Gasteiger partial charge in [-0.1, -0.05) is 30.3 Å². The van der Waals surface area contributed by atoms with Crippen LogP contribution in [-0.4, -0.2) is 53.8 Å². The van der Waals surface area contributed by atoms with Gasteiger partial charge in [-0.15, -0.1) is 0 Å². The summed E-state index contributed by atoms with van der Waals surface area (Å²) in [5.41, 5.74) is 1.04. The van der Waals surface area contributed by atoms with E-state index in [2.05, 4.69) is 0 Å². The van der Waals surface area contributed by atoms with Crippen LogP contribution in [0.2, 0.25) is 0 Å². The van der Waals surface area contributed by atoms with Crippen molar-refractivity contribution < 1.29 is 29.2 Å². The first kappa shape index (κ1) is 13.6. The average molecular weight is 294 g/mol. The van der Waals surface area contributed by atoms with Gasteiger partial charge >= 0.3 is 0 Å². The minimum absolute atomic E-state index is 0.114. The van der Waals surface area contributed by atoms with Crippen molar-refractivity contribution >= 4 is 0 Å². The number of ether oxygens (including phenoxy) is 4. The Kier molecular flexibility index (Phi) is 3.45. The fraction of sp³-hybridized carbons (Fsp3) is 0.600. The molecule has 1 aromatic carbocycles. The second-order valence-electron chi connectivity index (χ2n) is 5.69. The first-order valence-electron chi connectivity index (χ1n) is 7.19. The molecular formula is C15H18O6. The molecule has 0 spiro atoms. The number of hydrogen-bond donors (Lipinski definition) is 2. The van der Waals surface area contributed by atoms with Crippen molar-refractivity contribution in [2.24, 2.45) is 5.92 Å². The van der Waals surface area contributed by atoms with Crippen LogP contribution >= 0.6 is 0 Å². The minimum atomic E-state index is -0.806. The zero-order valence-corrected chi connectivity index (χ0v) is 11.4. The molecule has 4 fully saturated rings. The van der Waals surface area contributed by atoms with E-state index in [4.69, 9.17) is 18.9 Å². The van der Waals surface area contributed by atoms with E-state index in [9.17, 15) is 10.2 Å². The van der Waals surface area contributed by atoms with Crippen molar-refractivity contribution in [1.82, 2.24) is 0 Å². The molecule has 1 aliphatic carbocycles. The Labute approximate surface area is 122 Å². The molecule has 3 aliphatic heterocycles. The van der Waals surface area contributed by atoms with Crippen molar-refractivity contribution in [1.29, 1.82) is 0 Å². The van der Waals surface area contributed by atoms with Crippen LogP contribution < -0.4 is 0 Å². The Morgan fingerprint density at radius 2 is 1.71 bits per heavy atom. The fourth-order valence-electron chi connectivity index (χ4n) is 3.42. The Bertz CT molecular complexity index is 494. The molecule has 2 N–H and O–H groups in total. The minimum Gasteiger partial charge on any atom is -0.396 e. The summed E-state index contributed by atoms with van der Waals surface area (Å²) in [7, 11) is 0. The number of aliphatic hydroxyl groups is 2. The standard InChI is InChI=1S/C15H18O6/c16-6-9-11-10(17)13-14(12(9)20-15(19-11)21-13)18-7-8-4-2-1-3-5-8/h1-5,9-17H,6-7H2. The molecule has 0 aromatic heterocycles. The predicted molar refractivity (Wildman–Crippen MR) is 70.0 cm³/mol. The van der Waals surface area contributed by atoms with Crippen LogP contribution in [0.5, 0.6) is 0 Å². The van der Waals surface area contributed by atoms with E-state index in [1.165, 1.54) is 0 Å². The molecule has 7 unspecified atom stereocenters. The molecule has 7 atom stereocenters. The molecule has 3 saturated heterocycles. The second kappa shape index (κ2) is 5.31. The number of hydrogen-bond acceptors (Lipinski definition) is 6. The maximum absolute atomic E-state index is 10.3. The third-order valence-corrected chi connectivity index (χ3v) is 4.47. The van der Waals surface area contributed by atoms with E-state index < -0.39 is 30.9 Å². The molecule has 3 heterocycles. The molecule has 114 valence electrons. The molecule has 5 rings (SSSR count). The monoisotopic (exact) mass is 294 g/mol. The molecule has 4 bridgehead atoms. The summed E-state index contributed by atoms with van der Waals surface area (Å²) in [6, 6.07) is 9.78. The normalized spacial score (nSPS) is 44.2. The summed E-state index contributed by atoms with van der Waals surface area (Å²) in [5, 5.41) is 19.9. The molecule has 21 heavy (non-hydrogen) atoms. The van der Waals surface area contributed by atoms with Crippen molar-refractivity contribution in [3.05, 3.63) is 35.9 Å². The smallest absolute Gasteiger partial charge is 0.272 e. The van der Waals surface area contributed by atoms with Crippen molar-refractivity contribution in [2.75, 3.05) is 6.61 Å². The van der Waals surface area contributed by atoms with Gasteiger partial charge in [-0.2, -0.15) is 0 Å². The molecule has 1 saturated carbocycles. The van der Waals surface area contributed by atoms with E-state index in [-0.39, 0.29) is 18.6 Å². The summed E-state index contributed by atoms with van der Waals surface area (Å²) >= 11 is 0. The highest BCUT2D eigenvalue weighted by molar-refractivity contribution is 5.14. The highest BCUT2D eigenvalue weighted by Crippen LogP contribution is 2.44. The highest BCUT2D eigenvalue weighted by atomic mass is 16.9. The maximum atomic E-state index is 10.3. The largest absolute Gasteiger partial charge is 0.396 e. The first-order valence-corrected chi connectivity index (χ1v) is 7.19. The number of rotatable bonds is 4. The van der Waals surface area contributed by atoms with Gasteiger partial charge in [-0.05, 0) is 5.56 Å². The Morgan fingerprint density at radius 3 is 2.48 bits per heavy atom. The van der Waals surface area contributed by atoms with Gasteiger partial charge < -0.3 is 29.2 Å². The quantitative estimate of drug-likeness (QED) is 0.815. The maximum Gasteiger partial charge on any atom is 0.272 e. The van der Waals surface area contributed by atoms with E-state index >= 15 is 0 Å². The van der Waals surface area contributed by atoms with Crippen LogP contribution in [0.15, 0.2) is 30.3 Å². The third-order valence-electron chi connectivity index (χ3n) is 4.47. The summed E-state index contributed by atoms with van der Waals surface area (Å²) in [4.78, 5) is 0. The molecule has 6 heteroatoms. The van der Waals surface area contributed by atoms with Gasteiger partial charge in [0.05, 0.1) is 25.4 Å². The lowest BCUT2D eigenvalue weighted by atomic mass is 9.77. The zero-order valence-electron chi connectivity index (χ0n) is 11.4. The van der Waals surface area contributed by atoms with Crippen LogP contribution in [0, 0.1) is 5.92 Å². The van der Waals surface area contributed by atoms with Gasteiger partial charge in [0.25, 0.3) is 6.48 Å². The average Bonchev–Trinajstić information content (AvgIpc) is 2.52. The molecule has 4 aliphatic rings. The lowest BCUT2D eigenvalue weighted by Gasteiger charge is -2.57. The number of aliphatic hydroxyl groups excluding tert-OH is 2. The molecule has 0 amide bonds.